The van der Waals surface area contributed by atoms with Gasteiger partial charge in [-0.1, -0.05) is 12.1 Å². The number of amidine groups is 1. The maximum Gasteiger partial charge on any atom is 0.285 e. The molecule has 1 aliphatic heterocycles. The normalized spacial score (nSPS) is 13.7. The number of benzene rings is 2. The number of fused-ring (bicyclic) bond motifs is 1. The first kappa shape index (κ1) is 21.3. The molecule has 0 aliphatic carbocycles. The number of ether oxygens (including phenoxy) is 1. The molecule has 0 fully saturated rings. The second-order valence-corrected chi connectivity index (χ2v) is 8.10. The van der Waals surface area contributed by atoms with E-state index in [1.54, 1.807) is 49.5 Å². The average Bonchev–Trinajstić information content (AvgIpc) is 3.00. The van der Waals surface area contributed by atoms with E-state index >= 15 is 0 Å². The monoisotopic (exact) mass is 430 g/mol. The van der Waals surface area contributed by atoms with Crippen molar-refractivity contribution in [1.29, 1.82) is 0 Å². The van der Waals surface area contributed by atoms with Crippen LogP contribution in [0, 0.1) is 0 Å². The zero-order chi connectivity index (χ0) is 21.7. The second-order valence-electron chi connectivity index (χ2n) is 6.52. The predicted octanol–water partition coefficient (Wildman–Crippen LogP) is 1.22. The predicted molar refractivity (Wildman–Crippen MR) is 112 cm³/mol. The van der Waals surface area contributed by atoms with Crippen LogP contribution in [0.4, 0.5) is 5.69 Å². The van der Waals surface area contributed by atoms with Gasteiger partial charge in [-0.05, 0) is 43.3 Å². The number of anilines is 1. The molecule has 1 aliphatic rings. The van der Waals surface area contributed by atoms with Gasteiger partial charge in [-0.15, -0.1) is 4.40 Å². The van der Waals surface area contributed by atoms with Gasteiger partial charge in [0.25, 0.3) is 10.0 Å². The number of likely N-dealkylation sites (N-methyl/N-ethyl adjacent to an activating group) is 1. The Kier molecular flexibility index (Phi) is 6.36. The summed E-state index contributed by atoms with van der Waals surface area (Å²) in [5.74, 6) is 0.0648. The van der Waals surface area contributed by atoms with E-state index in [4.69, 9.17) is 4.74 Å². The molecular weight excluding hydrogens is 408 g/mol. The first-order chi connectivity index (χ1) is 14.3. The Morgan fingerprint density at radius 3 is 2.47 bits per heavy atom. The van der Waals surface area contributed by atoms with E-state index in [0.29, 0.717) is 23.6 Å². The highest BCUT2D eigenvalue weighted by Gasteiger charge is 2.30. The standard InChI is InChI=1S/C20H22N4O5S/c1-3-29-15-10-8-14(9-11-15)22-18(25)12-21-19(26)13-24(2)20-16-6-4-5-7-17(16)30(27,28)23-20/h4-11H,3,12-13H2,1-2H3,(H,21,26)(H,22,25). The van der Waals surface area contributed by atoms with Crippen molar-refractivity contribution in [1.82, 2.24) is 10.2 Å². The highest BCUT2D eigenvalue weighted by Crippen LogP contribution is 2.26. The van der Waals surface area contributed by atoms with Crippen molar-refractivity contribution in [3.63, 3.8) is 0 Å². The van der Waals surface area contributed by atoms with Crippen molar-refractivity contribution in [2.24, 2.45) is 4.40 Å². The Balaban J connectivity index is 1.52. The molecule has 3 rings (SSSR count). The van der Waals surface area contributed by atoms with Crippen LogP contribution in [0.5, 0.6) is 5.75 Å². The summed E-state index contributed by atoms with van der Waals surface area (Å²) in [6.45, 7) is 2.06. The largest absolute Gasteiger partial charge is 0.494 e. The molecule has 2 N–H and O–H groups in total. The lowest BCUT2D eigenvalue weighted by molar-refractivity contribution is -0.124. The highest BCUT2D eigenvalue weighted by atomic mass is 32.2. The smallest absolute Gasteiger partial charge is 0.285 e. The summed E-state index contributed by atoms with van der Waals surface area (Å²) in [6, 6.07) is 13.3. The van der Waals surface area contributed by atoms with Crippen molar-refractivity contribution in [3.8, 4) is 5.75 Å². The Morgan fingerprint density at radius 2 is 1.77 bits per heavy atom. The van der Waals surface area contributed by atoms with Gasteiger partial charge in [0.1, 0.15) is 10.6 Å². The summed E-state index contributed by atoms with van der Waals surface area (Å²) in [4.78, 5) is 25.8. The Labute approximate surface area is 174 Å². The van der Waals surface area contributed by atoms with E-state index in [-0.39, 0.29) is 29.7 Å². The quantitative estimate of drug-likeness (QED) is 0.682. The summed E-state index contributed by atoms with van der Waals surface area (Å²) < 4.78 is 33.3. The number of sulfonamides is 1. The third kappa shape index (κ3) is 4.95. The summed E-state index contributed by atoms with van der Waals surface area (Å²) in [5, 5.41) is 5.18. The molecule has 0 saturated heterocycles. The first-order valence-corrected chi connectivity index (χ1v) is 10.7. The van der Waals surface area contributed by atoms with E-state index in [0.717, 1.165) is 0 Å². The molecular formula is C20H22N4O5S. The van der Waals surface area contributed by atoms with E-state index in [9.17, 15) is 18.0 Å². The minimum Gasteiger partial charge on any atom is -0.494 e. The molecule has 30 heavy (non-hydrogen) atoms. The van der Waals surface area contributed by atoms with Gasteiger partial charge in [0.2, 0.25) is 11.8 Å². The average molecular weight is 430 g/mol. The first-order valence-electron chi connectivity index (χ1n) is 9.25. The zero-order valence-corrected chi connectivity index (χ0v) is 17.4. The molecule has 9 nitrogen and oxygen atoms in total. The lowest BCUT2D eigenvalue weighted by Gasteiger charge is -2.18. The number of amides is 2. The van der Waals surface area contributed by atoms with E-state index < -0.39 is 15.9 Å². The Hall–Kier alpha value is -3.40. The molecule has 0 aromatic heterocycles. The third-order valence-electron chi connectivity index (χ3n) is 4.25. The van der Waals surface area contributed by atoms with E-state index in [1.165, 1.54) is 11.0 Å². The third-order valence-corrected chi connectivity index (χ3v) is 5.58. The number of carbonyl (C=O) groups excluding carboxylic acids is 2. The SMILES string of the molecule is CCOc1ccc(NC(=O)CNC(=O)CN(C)C2=NS(=O)(=O)c3ccccc32)cc1. The van der Waals surface area contributed by atoms with Crippen LogP contribution in [0.3, 0.4) is 0 Å². The zero-order valence-electron chi connectivity index (χ0n) is 16.6. The molecule has 2 amide bonds. The fraction of sp³-hybridized carbons (Fsp3) is 0.250. The van der Waals surface area contributed by atoms with Gasteiger partial charge in [-0.25, -0.2) is 0 Å². The van der Waals surface area contributed by atoms with Gasteiger partial charge in [0, 0.05) is 18.3 Å². The van der Waals surface area contributed by atoms with Gasteiger partial charge in [0.05, 0.1) is 19.7 Å². The highest BCUT2D eigenvalue weighted by molar-refractivity contribution is 7.90. The molecule has 2 aromatic carbocycles. The van der Waals surface area contributed by atoms with Crippen LogP contribution < -0.4 is 15.4 Å². The topological polar surface area (TPSA) is 117 Å². The Morgan fingerprint density at radius 1 is 1.07 bits per heavy atom. The fourth-order valence-corrected chi connectivity index (χ4v) is 4.15. The number of hydrogen-bond acceptors (Lipinski definition) is 6. The van der Waals surface area contributed by atoms with Crippen LogP contribution in [0.15, 0.2) is 57.8 Å². The van der Waals surface area contributed by atoms with Crippen molar-refractivity contribution < 1.29 is 22.7 Å². The van der Waals surface area contributed by atoms with Gasteiger partial charge < -0.3 is 20.3 Å². The molecule has 1 heterocycles. The van der Waals surface area contributed by atoms with Gasteiger partial charge in [0.15, 0.2) is 5.84 Å². The van der Waals surface area contributed by atoms with Crippen molar-refractivity contribution >= 4 is 33.4 Å². The molecule has 0 unspecified atom stereocenters. The van der Waals surface area contributed by atoms with Crippen LogP contribution in [0.1, 0.15) is 12.5 Å². The number of hydrogen-bond donors (Lipinski definition) is 2. The number of carbonyl (C=O) groups is 2. The van der Waals surface area contributed by atoms with Crippen molar-refractivity contribution in [2.45, 2.75) is 11.8 Å². The molecule has 158 valence electrons. The van der Waals surface area contributed by atoms with Gasteiger partial charge in [-0.2, -0.15) is 8.42 Å². The Bertz CT molecular complexity index is 1080. The minimum atomic E-state index is -3.76. The van der Waals surface area contributed by atoms with Gasteiger partial charge in [-0.3, -0.25) is 9.59 Å². The second kappa shape index (κ2) is 8.95. The van der Waals surface area contributed by atoms with Crippen LogP contribution in [0.2, 0.25) is 0 Å². The van der Waals surface area contributed by atoms with E-state index in [2.05, 4.69) is 15.0 Å². The lowest BCUT2D eigenvalue weighted by Crippen LogP contribution is -2.41. The number of nitrogens with zero attached hydrogens (tertiary/aromatic N) is 2. The molecule has 0 bridgehead atoms. The molecule has 0 radical (unpaired) electrons. The van der Waals surface area contributed by atoms with Crippen LogP contribution in [-0.2, 0) is 19.6 Å². The molecule has 0 atom stereocenters. The number of nitrogens with one attached hydrogen (secondary N) is 2. The molecule has 0 saturated carbocycles. The lowest BCUT2D eigenvalue weighted by atomic mass is 10.2. The van der Waals surface area contributed by atoms with Crippen molar-refractivity contribution in [2.75, 3.05) is 32.1 Å². The van der Waals surface area contributed by atoms with Crippen molar-refractivity contribution in [3.05, 3.63) is 54.1 Å². The van der Waals surface area contributed by atoms with E-state index in [1.807, 2.05) is 6.92 Å². The van der Waals surface area contributed by atoms with Crippen LogP contribution in [0.25, 0.3) is 0 Å². The summed E-state index contributed by atoms with van der Waals surface area (Å²) in [5.41, 5.74) is 1.03. The molecule has 10 heteroatoms. The summed E-state index contributed by atoms with van der Waals surface area (Å²) in [7, 11) is -2.20. The number of rotatable bonds is 7. The van der Waals surface area contributed by atoms with Crippen LogP contribution >= 0.6 is 0 Å². The molecule has 0 spiro atoms. The van der Waals surface area contributed by atoms with Gasteiger partial charge >= 0.3 is 0 Å². The maximum atomic E-state index is 12.2. The summed E-state index contributed by atoms with van der Waals surface area (Å²) in [6.07, 6.45) is 0. The molecule has 2 aromatic rings. The fourth-order valence-electron chi connectivity index (χ4n) is 2.90. The maximum absolute atomic E-state index is 12.2. The minimum absolute atomic E-state index is 0.113. The van der Waals surface area contributed by atoms with Crippen LogP contribution in [-0.4, -0.2) is 57.7 Å². The summed E-state index contributed by atoms with van der Waals surface area (Å²) >= 11 is 0.